The Labute approximate surface area is 89.8 Å². The molecule has 82 valence electrons. The summed E-state index contributed by atoms with van der Waals surface area (Å²) >= 11 is 5.95. The van der Waals surface area contributed by atoms with Gasteiger partial charge in [0.2, 0.25) is 0 Å². The van der Waals surface area contributed by atoms with Gasteiger partial charge in [-0.15, -0.1) is 24.8 Å². The molecule has 0 aliphatic heterocycles. The molecule has 1 aromatic rings. The highest BCUT2D eigenvalue weighted by molar-refractivity contribution is 6.21. The van der Waals surface area contributed by atoms with Crippen LogP contribution in [-0.4, -0.2) is 6.36 Å². The van der Waals surface area contributed by atoms with Crippen LogP contribution in [0.3, 0.4) is 0 Å². The van der Waals surface area contributed by atoms with Crippen LogP contribution in [0.5, 0.6) is 5.75 Å². The Morgan fingerprint density at radius 2 is 2.07 bits per heavy atom. The van der Waals surface area contributed by atoms with E-state index in [1.807, 2.05) is 0 Å². The van der Waals surface area contributed by atoms with Gasteiger partial charge in [0.15, 0.2) is 0 Å². The molecule has 0 saturated carbocycles. The van der Waals surface area contributed by atoms with E-state index >= 15 is 0 Å². The van der Waals surface area contributed by atoms with Crippen LogP contribution in [0.25, 0.3) is 0 Å². The van der Waals surface area contributed by atoms with Crippen molar-refractivity contribution >= 4 is 11.6 Å². The largest absolute Gasteiger partial charge is 0.573 e. The van der Waals surface area contributed by atoms with Gasteiger partial charge < -0.3 is 4.74 Å². The lowest BCUT2D eigenvalue weighted by atomic mass is 10.1. The minimum Gasteiger partial charge on any atom is -0.405 e. The van der Waals surface area contributed by atoms with Crippen molar-refractivity contribution in [1.82, 2.24) is 0 Å². The zero-order valence-electron chi connectivity index (χ0n) is 7.64. The topological polar surface area (TPSA) is 9.23 Å². The molecule has 1 atom stereocenters. The highest BCUT2D eigenvalue weighted by atomic mass is 35.5. The molecule has 0 aromatic heterocycles. The smallest absolute Gasteiger partial charge is 0.405 e. The van der Waals surface area contributed by atoms with Crippen LogP contribution in [0.15, 0.2) is 18.2 Å². The quantitative estimate of drug-likeness (QED) is 0.674. The van der Waals surface area contributed by atoms with Crippen molar-refractivity contribution in [1.29, 1.82) is 0 Å². The van der Waals surface area contributed by atoms with Gasteiger partial charge in [-0.1, -0.05) is 12.1 Å². The maximum Gasteiger partial charge on any atom is 0.573 e. The van der Waals surface area contributed by atoms with E-state index in [0.29, 0.717) is 18.4 Å². The molecule has 0 amide bonds. The van der Waals surface area contributed by atoms with Gasteiger partial charge in [0, 0.05) is 0 Å². The SMILES string of the molecule is FC(F)(F)Oc1cccc2c1CCC2Cl. The molecule has 1 aliphatic rings. The third kappa shape index (κ3) is 2.20. The first-order chi connectivity index (χ1) is 6.97. The molecule has 0 heterocycles. The van der Waals surface area contributed by atoms with Crippen molar-refractivity contribution in [2.45, 2.75) is 24.6 Å². The summed E-state index contributed by atoms with van der Waals surface area (Å²) in [6, 6.07) is 4.59. The monoisotopic (exact) mass is 236 g/mol. The van der Waals surface area contributed by atoms with Crippen molar-refractivity contribution in [2.24, 2.45) is 0 Å². The Hall–Kier alpha value is -0.900. The van der Waals surface area contributed by atoms with Crippen molar-refractivity contribution in [3.8, 4) is 5.75 Å². The minimum atomic E-state index is -4.64. The number of ether oxygens (including phenoxy) is 1. The van der Waals surface area contributed by atoms with Gasteiger partial charge in [-0.3, -0.25) is 0 Å². The first-order valence-corrected chi connectivity index (χ1v) is 4.92. The molecule has 1 nitrogen and oxygen atoms in total. The minimum absolute atomic E-state index is 0.122. The summed E-state index contributed by atoms with van der Waals surface area (Å²) in [5.74, 6) is -0.122. The first kappa shape index (κ1) is 10.6. The Morgan fingerprint density at radius 3 is 2.73 bits per heavy atom. The van der Waals surface area contributed by atoms with Crippen molar-refractivity contribution < 1.29 is 17.9 Å². The number of alkyl halides is 4. The van der Waals surface area contributed by atoms with Crippen molar-refractivity contribution in [2.75, 3.05) is 0 Å². The van der Waals surface area contributed by atoms with Gasteiger partial charge in [-0.25, -0.2) is 0 Å². The van der Waals surface area contributed by atoms with E-state index in [2.05, 4.69) is 4.74 Å². The summed E-state index contributed by atoms with van der Waals surface area (Å²) in [5, 5.41) is -0.197. The molecule has 0 radical (unpaired) electrons. The average Bonchev–Trinajstić information content (AvgIpc) is 2.47. The maximum absolute atomic E-state index is 12.1. The zero-order chi connectivity index (χ0) is 11.1. The predicted molar refractivity (Wildman–Crippen MR) is 50.0 cm³/mol. The second-order valence-electron chi connectivity index (χ2n) is 3.38. The highest BCUT2D eigenvalue weighted by Gasteiger charge is 2.34. The fourth-order valence-corrected chi connectivity index (χ4v) is 2.10. The Balaban J connectivity index is 2.34. The molecule has 0 fully saturated rings. The third-order valence-corrected chi connectivity index (χ3v) is 2.83. The van der Waals surface area contributed by atoms with Gasteiger partial charge in [0.25, 0.3) is 0 Å². The van der Waals surface area contributed by atoms with Gasteiger partial charge in [-0.2, -0.15) is 0 Å². The number of rotatable bonds is 1. The van der Waals surface area contributed by atoms with Crippen molar-refractivity contribution in [3.63, 3.8) is 0 Å². The number of hydrogen-bond donors (Lipinski definition) is 0. The summed E-state index contributed by atoms with van der Waals surface area (Å²) in [6.45, 7) is 0. The Kier molecular flexibility index (Phi) is 2.54. The maximum atomic E-state index is 12.1. The molecule has 1 unspecified atom stereocenters. The molecule has 5 heteroatoms. The molecule has 1 aromatic carbocycles. The van der Waals surface area contributed by atoms with E-state index in [4.69, 9.17) is 11.6 Å². The second-order valence-corrected chi connectivity index (χ2v) is 3.90. The average molecular weight is 237 g/mol. The Bertz CT molecular complexity index is 375. The van der Waals surface area contributed by atoms with Gasteiger partial charge >= 0.3 is 6.36 Å². The summed E-state index contributed by atoms with van der Waals surface area (Å²) in [6.07, 6.45) is -3.44. The van der Waals surface area contributed by atoms with E-state index in [9.17, 15) is 13.2 Å². The standard InChI is InChI=1S/C10H8ClF3O/c11-8-5-4-7-6(8)2-1-3-9(7)15-10(12,13)14/h1-3,8H,4-5H2. The number of halogens is 4. The van der Waals surface area contributed by atoms with E-state index in [1.165, 1.54) is 12.1 Å². The lowest BCUT2D eigenvalue weighted by Gasteiger charge is -2.12. The summed E-state index contributed by atoms with van der Waals surface area (Å²) in [5.41, 5.74) is 1.33. The Morgan fingerprint density at radius 1 is 1.33 bits per heavy atom. The molecule has 1 aliphatic carbocycles. The van der Waals surface area contributed by atoms with Crippen molar-refractivity contribution in [3.05, 3.63) is 29.3 Å². The van der Waals surface area contributed by atoms with E-state index in [1.54, 1.807) is 6.07 Å². The van der Waals surface area contributed by atoms with Crippen LogP contribution in [0.1, 0.15) is 22.9 Å². The molecular weight excluding hydrogens is 229 g/mol. The van der Waals surface area contributed by atoms with Crippen LogP contribution >= 0.6 is 11.6 Å². The molecule has 0 saturated heterocycles. The number of fused-ring (bicyclic) bond motifs is 1. The molecular formula is C10H8ClF3O. The van der Waals surface area contributed by atoms with Gasteiger partial charge in [0.1, 0.15) is 5.75 Å². The number of hydrogen-bond acceptors (Lipinski definition) is 1. The summed E-state index contributed by atoms with van der Waals surface area (Å²) < 4.78 is 40.1. The lowest BCUT2D eigenvalue weighted by Crippen LogP contribution is -2.18. The molecule has 0 bridgehead atoms. The van der Waals surface area contributed by atoms with Crippen LogP contribution in [0.4, 0.5) is 13.2 Å². The lowest BCUT2D eigenvalue weighted by molar-refractivity contribution is -0.274. The fourth-order valence-electron chi connectivity index (χ4n) is 1.79. The predicted octanol–water partition coefficient (Wildman–Crippen LogP) is 3.81. The molecule has 0 spiro atoms. The van der Waals surface area contributed by atoms with Gasteiger partial charge in [0.05, 0.1) is 5.38 Å². The molecule has 2 rings (SSSR count). The summed E-state index contributed by atoms with van der Waals surface area (Å²) in [7, 11) is 0. The fraction of sp³-hybridized carbons (Fsp3) is 0.400. The normalized spacial score (nSPS) is 20.1. The third-order valence-electron chi connectivity index (χ3n) is 2.38. The van der Waals surface area contributed by atoms with Crippen LogP contribution in [0, 0.1) is 0 Å². The molecule has 15 heavy (non-hydrogen) atoms. The zero-order valence-corrected chi connectivity index (χ0v) is 8.40. The van der Waals surface area contributed by atoms with Gasteiger partial charge in [-0.05, 0) is 30.0 Å². The van der Waals surface area contributed by atoms with E-state index < -0.39 is 6.36 Å². The van der Waals surface area contributed by atoms with Crippen LogP contribution in [-0.2, 0) is 6.42 Å². The highest BCUT2D eigenvalue weighted by Crippen LogP contribution is 2.41. The number of benzene rings is 1. The van der Waals surface area contributed by atoms with E-state index in [-0.39, 0.29) is 11.1 Å². The van der Waals surface area contributed by atoms with Crippen LogP contribution < -0.4 is 4.74 Å². The second kappa shape index (κ2) is 3.59. The summed E-state index contributed by atoms with van der Waals surface area (Å²) in [4.78, 5) is 0. The van der Waals surface area contributed by atoms with E-state index in [0.717, 1.165) is 5.56 Å². The molecule has 0 N–H and O–H groups in total. The van der Waals surface area contributed by atoms with Crippen LogP contribution in [0.2, 0.25) is 0 Å². The first-order valence-electron chi connectivity index (χ1n) is 4.49.